The van der Waals surface area contributed by atoms with Gasteiger partial charge in [-0.2, -0.15) is 5.06 Å². The number of tetrazole rings is 1. The number of cyclic esters (lactones) is 1. The van der Waals surface area contributed by atoms with Crippen molar-refractivity contribution >= 4 is 35.5 Å². The highest BCUT2D eigenvalue weighted by atomic mass is 32.2. The standard InChI is InChI=1S/C13H16N6O8S/c20-4-3-18-12(15-16-17-18)28-6-8(21)14-7-5-26-19(10(7)23)13(11(24)25)2-1-9(22)27-13/h7,20H,1-6H2,(H,14,21)(H,24,25)/t7-,13?/m0/s1. The number of thioether (sulfide) groups is 1. The van der Waals surface area contributed by atoms with Gasteiger partial charge in [-0.05, 0) is 10.4 Å². The van der Waals surface area contributed by atoms with Crippen molar-refractivity contribution in [2.24, 2.45) is 0 Å². The van der Waals surface area contributed by atoms with Crippen LogP contribution in [0.5, 0.6) is 0 Å². The van der Waals surface area contributed by atoms with Crippen LogP contribution in [0.25, 0.3) is 0 Å². The van der Waals surface area contributed by atoms with Crippen LogP contribution in [-0.2, 0) is 35.3 Å². The summed E-state index contributed by atoms with van der Waals surface area (Å²) in [6.07, 6.45) is -0.424. The third kappa shape index (κ3) is 3.76. The first-order valence-electron chi connectivity index (χ1n) is 8.09. The maximum atomic E-state index is 12.5. The van der Waals surface area contributed by atoms with Gasteiger partial charge in [0.2, 0.25) is 11.1 Å². The summed E-state index contributed by atoms with van der Waals surface area (Å²) in [6.45, 7) is -0.314. The largest absolute Gasteiger partial charge is 0.477 e. The van der Waals surface area contributed by atoms with E-state index in [0.29, 0.717) is 10.2 Å². The molecule has 2 saturated heterocycles. The molecule has 3 heterocycles. The van der Waals surface area contributed by atoms with Crippen molar-refractivity contribution in [1.29, 1.82) is 0 Å². The predicted molar refractivity (Wildman–Crippen MR) is 86.0 cm³/mol. The average Bonchev–Trinajstić information content (AvgIpc) is 3.34. The summed E-state index contributed by atoms with van der Waals surface area (Å²) in [7, 11) is 0. The molecule has 3 N–H and O–H groups in total. The topological polar surface area (TPSA) is 186 Å². The molecule has 0 spiro atoms. The summed E-state index contributed by atoms with van der Waals surface area (Å²) >= 11 is 0.991. The van der Waals surface area contributed by atoms with Crippen LogP contribution in [-0.4, -0.2) is 90.0 Å². The number of nitrogens with one attached hydrogen (secondary N) is 1. The number of esters is 1. The Bertz CT molecular complexity index is 802. The SMILES string of the molecule is O=C(CSc1nnnn1CCO)N[C@H]1CON(C2(C(=O)O)CCC(=O)O2)C1=O. The second kappa shape index (κ2) is 8.07. The summed E-state index contributed by atoms with van der Waals surface area (Å²) in [5.74, 6) is -3.80. The third-order valence-corrected chi connectivity index (χ3v) is 4.92. The number of hydrogen-bond donors (Lipinski definition) is 3. The molecule has 2 aliphatic heterocycles. The van der Waals surface area contributed by atoms with E-state index in [2.05, 4.69) is 20.8 Å². The van der Waals surface area contributed by atoms with Gasteiger partial charge in [0.25, 0.3) is 5.91 Å². The van der Waals surface area contributed by atoms with E-state index < -0.39 is 35.5 Å². The van der Waals surface area contributed by atoms with Crippen LogP contribution in [0.15, 0.2) is 5.16 Å². The first kappa shape index (κ1) is 20.0. The maximum absolute atomic E-state index is 12.5. The molecule has 14 nitrogen and oxygen atoms in total. The van der Waals surface area contributed by atoms with Crippen LogP contribution in [0.2, 0.25) is 0 Å². The number of amides is 2. The number of aliphatic hydroxyl groups excluding tert-OH is 1. The lowest BCUT2D eigenvalue weighted by atomic mass is 10.1. The molecule has 0 radical (unpaired) electrons. The third-order valence-electron chi connectivity index (χ3n) is 3.96. The second-order valence-electron chi connectivity index (χ2n) is 5.81. The first-order valence-corrected chi connectivity index (χ1v) is 9.07. The van der Waals surface area contributed by atoms with Gasteiger partial charge >= 0.3 is 17.7 Å². The van der Waals surface area contributed by atoms with Crippen molar-refractivity contribution in [1.82, 2.24) is 30.6 Å². The van der Waals surface area contributed by atoms with Crippen LogP contribution in [0.4, 0.5) is 0 Å². The molecular formula is C13H16N6O8S. The van der Waals surface area contributed by atoms with Gasteiger partial charge in [-0.15, -0.1) is 5.10 Å². The Hall–Kier alpha value is -2.78. The van der Waals surface area contributed by atoms with E-state index in [1.165, 1.54) is 4.68 Å². The van der Waals surface area contributed by atoms with Gasteiger partial charge in [0.05, 0.1) is 25.3 Å². The molecule has 2 atom stereocenters. The number of ether oxygens (including phenoxy) is 1. The molecule has 0 saturated carbocycles. The number of aromatic nitrogens is 4. The van der Waals surface area contributed by atoms with Gasteiger partial charge in [-0.1, -0.05) is 11.8 Å². The van der Waals surface area contributed by atoms with E-state index in [9.17, 15) is 24.3 Å². The fourth-order valence-electron chi connectivity index (χ4n) is 2.65. The number of nitrogens with zero attached hydrogens (tertiary/aromatic N) is 5. The molecule has 2 amide bonds. The molecule has 3 rings (SSSR count). The van der Waals surface area contributed by atoms with Gasteiger partial charge < -0.3 is 20.3 Å². The Morgan fingerprint density at radius 2 is 2.18 bits per heavy atom. The van der Waals surface area contributed by atoms with Crippen molar-refractivity contribution in [2.45, 2.75) is 36.3 Å². The van der Waals surface area contributed by atoms with Gasteiger partial charge in [0, 0.05) is 6.42 Å². The molecule has 28 heavy (non-hydrogen) atoms. The second-order valence-corrected chi connectivity index (χ2v) is 6.75. The number of carboxylic acids is 1. The highest BCUT2D eigenvalue weighted by molar-refractivity contribution is 7.99. The summed E-state index contributed by atoms with van der Waals surface area (Å²) < 4.78 is 6.14. The van der Waals surface area contributed by atoms with Gasteiger partial charge in [0.15, 0.2) is 0 Å². The Morgan fingerprint density at radius 1 is 1.39 bits per heavy atom. The Morgan fingerprint density at radius 3 is 2.82 bits per heavy atom. The lowest BCUT2D eigenvalue weighted by molar-refractivity contribution is -0.256. The van der Waals surface area contributed by atoms with E-state index in [1.54, 1.807) is 0 Å². The molecule has 0 aliphatic carbocycles. The average molecular weight is 416 g/mol. The molecule has 0 bridgehead atoms. The van der Waals surface area contributed by atoms with Gasteiger partial charge in [0.1, 0.15) is 12.6 Å². The number of rotatable bonds is 8. The molecule has 2 fully saturated rings. The molecule has 152 valence electrons. The highest BCUT2D eigenvalue weighted by Crippen LogP contribution is 2.34. The Labute approximate surface area is 161 Å². The molecule has 1 unspecified atom stereocenters. The molecule has 1 aromatic heterocycles. The minimum Gasteiger partial charge on any atom is -0.477 e. The van der Waals surface area contributed by atoms with Crippen LogP contribution in [0, 0.1) is 0 Å². The van der Waals surface area contributed by atoms with E-state index in [1.807, 2.05) is 0 Å². The van der Waals surface area contributed by atoms with Crippen molar-refractivity contribution in [2.75, 3.05) is 19.0 Å². The van der Waals surface area contributed by atoms with Crippen molar-refractivity contribution in [3.8, 4) is 0 Å². The fraction of sp³-hybridized carbons (Fsp3) is 0.615. The zero-order valence-electron chi connectivity index (χ0n) is 14.3. The summed E-state index contributed by atoms with van der Waals surface area (Å²) in [5, 5.41) is 32.4. The number of aliphatic carboxylic acids is 1. The summed E-state index contributed by atoms with van der Waals surface area (Å²) in [5.41, 5.74) is -2.23. The van der Waals surface area contributed by atoms with Crippen LogP contribution >= 0.6 is 11.8 Å². The highest BCUT2D eigenvalue weighted by Gasteiger charge is 2.59. The fourth-order valence-corrected chi connectivity index (χ4v) is 3.37. The van der Waals surface area contributed by atoms with Crippen LogP contribution < -0.4 is 5.32 Å². The van der Waals surface area contributed by atoms with Gasteiger partial charge in [-0.25, -0.2) is 9.48 Å². The smallest absolute Gasteiger partial charge is 0.372 e. The van der Waals surface area contributed by atoms with Gasteiger partial charge in [-0.3, -0.25) is 19.2 Å². The lowest BCUT2D eigenvalue weighted by Gasteiger charge is -2.30. The van der Waals surface area contributed by atoms with E-state index in [0.717, 1.165) is 11.8 Å². The number of carbonyl (C=O) groups is 4. The molecular weight excluding hydrogens is 400 g/mol. The van der Waals surface area contributed by atoms with E-state index in [-0.39, 0.29) is 38.4 Å². The minimum atomic E-state index is -2.23. The van der Waals surface area contributed by atoms with Crippen molar-refractivity contribution < 1.29 is 39.0 Å². The quantitative estimate of drug-likeness (QED) is 0.291. The number of hydrogen-bond acceptors (Lipinski definition) is 11. The number of aliphatic hydroxyl groups is 1. The monoisotopic (exact) mass is 416 g/mol. The Balaban J connectivity index is 1.57. The Kier molecular flexibility index (Phi) is 5.76. The van der Waals surface area contributed by atoms with Crippen molar-refractivity contribution in [3.63, 3.8) is 0 Å². The van der Waals surface area contributed by atoms with Crippen LogP contribution in [0.3, 0.4) is 0 Å². The summed E-state index contributed by atoms with van der Waals surface area (Å²) in [4.78, 5) is 52.7. The maximum Gasteiger partial charge on any atom is 0.372 e. The lowest BCUT2D eigenvalue weighted by Crippen LogP contribution is -2.56. The van der Waals surface area contributed by atoms with E-state index >= 15 is 0 Å². The normalized spacial score (nSPS) is 24.5. The first-order chi connectivity index (χ1) is 13.4. The minimum absolute atomic E-state index is 0.130. The molecule has 0 aromatic carbocycles. The predicted octanol–water partition coefficient (Wildman–Crippen LogP) is -2.87. The molecule has 1 aromatic rings. The summed E-state index contributed by atoms with van der Waals surface area (Å²) in [6, 6.07) is -1.13. The number of carboxylic acid groups (broad SMARTS) is 1. The van der Waals surface area contributed by atoms with Crippen LogP contribution in [0.1, 0.15) is 12.8 Å². The molecule has 2 aliphatic rings. The van der Waals surface area contributed by atoms with E-state index in [4.69, 9.17) is 14.7 Å². The number of carbonyl (C=O) groups excluding carboxylic acids is 3. The molecule has 15 heteroatoms. The zero-order valence-corrected chi connectivity index (χ0v) is 15.1. The zero-order chi connectivity index (χ0) is 20.3. The van der Waals surface area contributed by atoms with Crippen molar-refractivity contribution in [3.05, 3.63) is 0 Å². The number of hydroxylamine groups is 2.